The summed E-state index contributed by atoms with van der Waals surface area (Å²) in [7, 11) is 2.10. The van der Waals surface area contributed by atoms with Crippen molar-refractivity contribution in [3.63, 3.8) is 0 Å². The summed E-state index contributed by atoms with van der Waals surface area (Å²) in [6, 6.07) is 11.9. The predicted molar refractivity (Wildman–Crippen MR) is 79.6 cm³/mol. The Bertz CT molecular complexity index is 396. The van der Waals surface area contributed by atoms with E-state index in [1.54, 1.807) is 0 Å². The molecule has 0 aromatic heterocycles. The second-order valence-corrected chi connectivity index (χ2v) is 5.21. The molecule has 1 aromatic carbocycles. The minimum Gasteiger partial charge on any atom is -0.310 e. The standard InChI is InChI=1S/C16H25N3/c1-3-4-8-12-19(2)13-11-16(18,14-17)15-9-6-5-7-10-15/h5-7,9-10H,3-4,8,11-13,18H2,1-2H3. The lowest BCUT2D eigenvalue weighted by Gasteiger charge is -2.25. The number of nitriles is 1. The van der Waals surface area contributed by atoms with Gasteiger partial charge in [0.25, 0.3) is 0 Å². The van der Waals surface area contributed by atoms with Crippen LogP contribution in [0.1, 0.15) is 38.2 Å². The van der Waals surface area contributed by atoms with E-state index in [-0.39, 0.29) is 0 Å². The van der Waals surface area contributed by atoms with E-state index in [0.717, 1.165) is 18.7 Å². The molecular weight excluding hydrogens is 234 g/mol. The monoisotopic (exact) mass is 259 g/mol. The number of benzene rings is 1. The molecule has 19 heavy (non-hydrogen) atoms. The highest BCUT2D eigenvalue weighted by Gasteiger charge is 2.26. The van der Waals surface area contributed by atoms with Gasteiger partial charge in [-0.3, -0.25) is 0 Å². The Labute approximate surface area is 117 Å². The van der Waals surface area contributed by atoms with Crippen molar-refractivity contribution < 1.29 is 0 Å². The minimum atomic E-state index is -0.875. The van der Waals surface area contributed by atoms with Gasteiger partial charge in [0.1, 0.15) is 5.54 Å². The number of unbranched alkanes of at least 4 members (excludes halogenated alkanes) is 2. The minimum absolute atomic E-state index is 0.663. The first-order valence-electron chi connectivity index (χ1n) is 7.06. The molecule has 3 nitrogen and oxygen atoms in total. The molecular formula is C16H25N3. The van der Waals surface area contributed by atoms with Crippen LogP contribution in [0.25, 0.3) is 0 Å². The zero-order chi connectivity index (χ0) is 14.1. The summed E-state index contributed by atoms with van der Waals surface area (Å²) in [5.74, 6) is 0. The molecule has 0 saturated carbocycles. The molecule has 0 heterocycles. The van der Waals surface area contributed by atoms with Gasteiger partial charge in [-0.15, -0.1) is 0 Å². The molecule has 104 valence electrons. The number of hydrogen-bond donors (Lipinski definition) is 1. The Morgan fingerprint density at radius 2 is 1.89 bits per heavy atom. The second kappa shape index (κ2) is 7.93. The topological polar surface area (TPSA) is 53.0 Å². The molecule has 0 saturated heterocycles. The molecule has 2 N–H and O–H groups in total. The van der Waals surface area contributed by atoms with Crippen molar-refractivity contribution in [3.05, 3.63) is 35.9 Å². The quantitative estimate of drug-likeness (QED) is 0.730. The SMILES string of the molecule is CCCCCN(C)CCC(N)(C#N)c1ccccc1. The molecule has 1 aromatic rings. The molecule has 1 unspecified atom stereocenters. The third kappa shape index (κ3) is 5.02. The Balaban J connectivity index is 2.51. The van der Waals surface area contributed by atoms with Crippen molar-refractivity contribution >= 4 is 0 Å². The van der Waals surface area contributed by atoms with Gasteiger partial charge in [0, 0.05) is 6.54 Å². The van der Waals surface area contributed by atoms with Crippen molar-refractivity contribution in [2.75, 3.05) is 20.1 Å². The normalized spacial score (nSPS) is 14.1. The summed E-state index contributed by atoms with van der Waals surface area (Å²) in [5.41, 5.74) is 6.26. The largest absolute Gasteiger partial charge is 0.310 e. The van der Waals surface area contributed by atoms with Crippen molar-refractivity contribution in [2.45, 2.75) is 38.1 Å². The van der Waals surface area contributed by atoms with Crippen LogP contribution in [0.3, 0.4) is 0 Å². The van der Waals surface area contributed by atoms with E-state index in [4.69, 9.17) is 5.73 Å². The molecule has 0 aliphatic heterocycles. The van der Waals surface area contributed by atoms with Crippen LogP contribution >= 0.6 is 0 Å². The molecule has 3 heteroatoms. The fraction of sp³-hybridized carbons (Fsp3) is 0.562. The van der Waals surface area contributed by atoms with E-state index in [1.807, 2.05) is 30.3 Å². The van der Waals surface area contributed by atoms with Crippen molar-refractivity contribution in [3.8, 4) is 6.07 Å². The Morgan fingerprint density at radius 1 is 1.21 bits per heavy atom. The third-order valence-corrected chi connectivity index (χ3v) is 3.52. The van der Waals surface area contributed by atoms with Crippen LogP contribution in [0, 0.1) is 11.3 Å². The molecule has 0 aliphatic rings. The van der Waals surface area contributed by atoms with Gasteiger partial charge in [-0.2, -0.15) is 5.26 Å². The van der Waals surface area contributed by atoms with Gasteiger partial charge in [0.15, 0.2) is 0 Å². The van der Waals surface area contributed by atoms with Crippen molar-refractivity contribution in [1.29, 1.82) is 5.26 Å². The lowest BCUT2D eigenvalue weighted by Crippen LogP contribution is -2.38. The maximum absolute atomic E-state index is 9.37. The smallest absolute Gasteiger partial charge is 0.131 e. The van der Waals surface area contributed by atoms with Crippen LogP contribution in [0.4, 0.5) is 0 Å². The van der Waals surface area contributed by atoms with Crippen LogP contribution in [0.15, 0.2) is 30.3 Å². The average Bonchev–Trinajstić information content (AvgIpc) is 2.46. The van der Waals surface area contributed by atoms with Gasteiger partial charge in [-0.05, 0) is 32.0 Å². The highest BCUT2D eigenvalue weighted by atomic mass is 15.1. The van der Waals surface area contributed by atoms with E-state index in [9.17, 15) is 5.26 Å². The van der Waals surface area contributed by atoms with Crippen LogP contribution in [0.2, 0.25) is 0 Å². The molecule has 0 bridgehead atoms. The highest BCUT2D eigenvalue weighted by Crippen LogP contribution is 2.21. The number of hydrogen-bond acceptors (Lipinski definition) is 3. The lowest BCUT2D eigenvalue weighted by molar-refractivity contribution is 0.296. The average molecular weight is 259 g/mol. The highest BCUT2D eigenvalue weighted by molar-refractivity contribution is 5.30. The number of nitrogens with zero attached hydrogens (tertiary/aromatic N) is 2. The van der Waals surface area contributed by atoms with Crippen LogP contribution in [0.5, 0.6) is 0 Å². The zero-order valence-corrected chi connectivity index (χ0v) is 12.1. The summed E-state index contributed by atoms with van der Waals surface area (Å²) < 4.78 is 0. The maximum atomic E-state index is 9.37. The number of rotatable bonds is 8. The van der Waals surface area contributed by atoms with E-state index < -0.39 is 5.54 Å². The molecule has 0 spiro atoms. The third-order valence-electron chi connectivity index (χ3n) is 3.52. The Hall–Kier alpha value is -1.37. The predicted octanol–water partition coefficient (Wildman–Crippen LogP) is 2.88. The van der Waals surface area contributed by atoms with E-state index in [2.05, 4.69) is 24.9 Å². The summed E-state index contributed by atoms with van der Waals surface area (Å²) >= 11 is 0. The Morgan fingerprint density at radius 3 is 2.47 bits per heavy atom. The van der Waals surface area contributed by atoms with Crippen molar-refractivity contribution in [1.82, 2.24) is 4.90 Å². The summed E-state index contributed by atoms with van der Waals surface area (Å²) in [5, 5.41) is 9.37. The maximum Gasteiger partial charge on any atom is 0.131 e. The van der Waals surface area contributed by atoms with Gasteiger partial charge in [-0.1, -0.05) is 50.1 Å². The van der Waals surface area contributed by atoms with Gasteiger partial charge in [-0.25, -0.2) is 0 Å². The van der Waals surface area contributed by atoms with Gasteiger partial charge in [0.05, 0.1) is 6.07 Å². The molecule has 0 aliphatic carbocycles. The van der Waals surface area contributed by atoms with Gasteiger partial charge >= 0.3 is 0 Å². The number of nitrogens with two attached hydrogens (primary N) is 1. The van der Waals surface area contributed by atoms with E-state index in [1.165, 1.54) is 19.3 Å². The molecule has 0 amide bonds. The molecule has 1 rings (SSSR count). The zero-order valence-electron chi connectivity index (χ0n) is 12.1. The van der Waals surface area contributed by atoms with E-state index >= 15 is 0 Å². The van der Waals surface area contributed by atoms with E-state index in [0.29, 0.717) is 6.42 Å². The first kappa shape index (κ1) is 15.7. The van der Waals surface area contributed by atoms with Crippen LogP contribution in [-0.4, -0.2) is 25.0 Å². The lowest BCUT2D eigenvalue weighted by atomic mass is 9.89. The van der Waals surface area contributed by atoms with Crippen molar-refractivity contribution in [2.24, 2.45) is 5.73 Å². The molecule has 0 radical (unpaired) electrons. The fourth-order valence-corrected chi connectivity index (χ4v) is 2.11. The van der Waals surface area contributed by atoms with Gasteiger partial charge in [0.2, 0.25) is 0 Å². The first-order chi connectivity index (χ1) is 9.12. The summed E-state index contributed by atoms with van der Waals surface area (Å²) in [4.78, 5) is 2.26. The fourth-order valence-electron chi connectivity index (χ4n) is 2.11. The van der Waals surface area contributed by atoms with Crippen LogP contribution < -0.4 is 5.73 Å². The molecule has 1 atom stereocenters. The Kier molecular flexibility index (Phi) is 6.55. The van der Waals surface area contributed by atoms with Crippen LogP contribution in [-0.2, 0) is 5.54 Å². The molecule has 0 fully saturated rings. The second-order valence-electron chi connectivity index (χ2n) is 5.21. The summed E-state index contributed by atoms with van der Waals surface area (Å²) in [6.07, 6.45) is 4.37. The summed E-state index contributed by atoms with van der Waals surface area (Å²) in [6.45, 7) is 4.13. The first-order valence-corrected chi connectivity index (χ1v) is 7.06. The van der Waals surface area contributed by atoms with Gasteiger partial charge < -0.3 is 10.6 Å².